The van der Waals surface area contributed by atoms with Crippen LogP contribution in [0.4, 0.5) is 11.4 Å². The molecule has 2 rings (SSSR count). The third-order valence-corrected chi connectivity index (χ3v) is 3.32. The van der Waals surface area contributed by atoms with E-state index in [0.29, 0.717) is 12.0 Å². The van der Waals surface area contributed by atoms with Crippen molar-refractivity contribution in [2.75, 3.05) is 24.3 Å². The molecule has 3 heteroatoms. The van der Waals surface area contributed by atoms with Gasteiger partial charge < -0.3 is 15.8 Å². The summed E-state index contributed by atoms with van der Waals surface area (Å²) in [6.45, 7) is 6.07. The van der Waals surface area contributed by atoms with Gasteiger partial charge in [0.2, 0.25) is 0 Å². The molecule has 1 fully saturated rings. The fourth-order valence-corrected chi connectivity index (χ4v) is 2.11. The maximum atomic E-state index is 5.79. The van der Waals surface area contributed by atoms with Gasteiger partial charge in [-0.25, -0.2) is 0 Å². The normalized spacial score (nSPS) is 22.0. The number of hydrogen-bond acceptors (Lipinski definition) is 3. The van der Waals surface area contributed by atoms with Crippen LogP contribution in [0.3, 0.4) is 0 Å². The molecule has 0 bridgehead atoms. The predicted molar refractivity (Wildman–Crippen MR) is 67.6 cm³/mol. The van der Waals surface area contributed by atoms with Crippen molar-refractivity contribution in [3.05, 3.63) is 23.8 Å². The first-order chi connectivity index (χ1) is 7.66. The highest BCUT2D eigenvalue weighted by molar-refractivity contribution is 5.59. The van der Waals surface area contributed by atoms with Crippen LogP contribution in [-0.2, 0) is 4.74 Å². The lowest BCUT2D eigenvalue weighted by atomic mass is 10.00. The van der Waals surface area contributed by atoms with Gasteiger partial charge in [0.25, 0.3) is 0 Å². The number of aryl methyl sites for hydroxylation is 1. The quantitative estimate of drug-likeness (QED) is 0.769. The molecule has 0 saturated carbocycles. The highest BCUT2D eigenvalue weighted by Gasteiger charge is 2.22. The molecule has 2 unspecified atom stereocenters. The van der Waals surface area contributed by atoms with E-state index in [4.69, 9.17) is 10.5 Å². The zero-order valence-corrected chi connectivity index (χ0v) is 9.99. The zero-order chi connectivity index (χ0) is 11.5. The van der Waals surface area contributed by atoms with Gasteiger partial charge >= 0.3 is 0 Å². The summed E-state index contributed by atoms with van der Waals surface area (Å²) >= 11 is 0. The van der Waals surface area contributed by atoms with Gasteiger partial charge in [0.1, 0.15) is 0 Å². The van der Waals surface area contributed by atoms with E-state index < -0.39 is 0 Å². The van der Waals surface area contributed by atoms with E-state index in [-0.39, 0.29) is 0 Å². The Kier molecular flexibility index (Phi) is 3.34. The van der Waals surface area contributed by atoms with Gasteiger partial charge in [0, 0.05) is 29.9 Å². The van der Waals surface area contributed by atoms with Crippen molar-refractivity contribution in [3.8, 4) is 0 Å². The minimum Gasteiger partial charge on any atom is -0.399 e. The fraction of sp³-hybridized carbons (Fsp3) is 0.538. The molecule has 1 aliphatic rings. The Balaban J connectivity index is 2.04. The fourth-order valence-electron chi connectivity index (χ4n) is 2.11. The molecule has 1 aromatic carbocycles. The van der Waals surface area contributed by atoms with Crippen molar-refractivity contribution in [3.63, 3.8) is 0 Å². The average molecular weight is 220 g/mol. The summed E-state index contributed by atoms with van der Waals surface area (Å²) in [6, 6.07) is 6.42. The van der Waals surface area contributed by atoms with Crippen LogP contribution in [0.15, 0.2) is 18.2 Å². The van der Waals surface area contributed by atoms with Gasteiger partial charge in [0.15, 0.2) is 0 Å². The molecule has 0 aromatic heterocycles. The van der Waals surface area contributed by atoms with Gasteiger partial charge in [-0.05, 0) is 38.0 Å². The Morgan fingerprint density at radius 1 is 1.50 bits per heavy atom. The molecule has 2 atom stereocenters. The SMILES string of the molecule is Cc1ccc(N)cc1NC(C)C1CCOC1. The summed E-state index contributed by atoms with van der Waals surface area (Å²) in [4.78, 5) is 0. The first-order valence-electron chi connectivity index (χ1n) is 5.87. The Labute approximate surface area is 97.0 Å². The summed E-state index contributed by atoms with van der Waals surface area (Å²) in [5, 5.41) is 3.53. The first-order valence-corrected chi connectivity index (χ1v) is 5.87. The van der Waals surface area contributed by atoms with E-state index in [2.05, 4.69) is 25.2 Å². The van der Waals surface area contributed by atoms with Gasteiger partial charge in [-0.15, -0.1) is 0 Å². The molecule has 3 nitrogen and oxygen atoms in total. The highest BCUT2D eigenvalue weighted by Crippen LogP contribution is 2.23. The van der Waals surface area contributed by atoms with Crippen LogP contribution in [0, 0.1) is 12.8 Å². The van der Waals surface area contributed by atoms with Crippen LogP contribution in [-0.4, -0.2) is 19.3 Å². The van der Waals surface area contributed by atoms with Crippen LogP contribution in [0.25, 0.3) is 0 Å². The van der Waals surface area contributed by atoms with E-state index >= 15 is 0 Å². The van der Waals surface area contributed by atoms with Crippen molar-refractivity contribution in [1.82, 2.24) is 0 Å². The average Bonchev–Trinajstić information content (AvgIpc) is 2.76. The van der Waals surface area contributed by atoms with E-state index in [9.17, 15) is 0 Å². The van der Waals surface area contributed by atoms with E-state index in [1.54, 1.807) is 0 Å². The molecule has 1 aromatic rings. The number of benzene rings is 1. The van der Waals surface area contributed by atoms with E-state index in [0.717, 1.165) is 31.0 Å². The molecule has 0 spiro atoms. The Bertz CT molecular complexity index is 359. The van der Waals surface area contributed by atoms with Gasteiger partial charge in [0.05, 0.1) is 6.61 Å². The summed E-state index contributed by atoms with van der Waals surface area (Å²) in [6.07, 6.45) is 1.15. The first kappa shape index (κ1) is 11.3. The van der Waals surface area contributed by atoms with E-state index in [1.165, 1.54) is 5.56 Å². The summed E-state index contributed by atoms with van der Waals surface area (Å²) in [5.74, 6) is 0.612. The number of ether oxygens (including phenoxy) is 1. The molecular weight excluding hydrogens is 200 g/mol. The second-order valence-corrected chi connectivity index (χ2v) is 4.63. The van der Waals surface area contributed by atoms with Crippen molar-refractivity contribution in [1.29, 1.82) is 0 Å². The highest BCUT2D eigenvalue weighted by atomic mass is 16.5. The maximum Gasteiger partial charge on any atom is 0.0514 e. The largest absolute Gasteiger partial charge is 0.399 e. The number of rotatable bonds is 3. The Morgan fingerprint density at radius 2 is 2.31 bits per heavy atom. The van der Waals surface area contributed by atoms with Gasteiger partial charge in [-0.3, -0.25) is 0 Å². The number of anilines is 2. The molecular formula is C13H20N2O. The lowest BCUT2D eigenvalue weighted by Gasteiger charge is -2.22. The smallest absolute Gasteiger partial charge is 0.0514 e. The molecule has 1 heterocycles. The van der Waals surface area contributed by atoms with Gasteiger partial charge in [-0.2, -0.15) is 0 Å². The third-order valence-electron chi connectivity index (χ3n) is 3.32. The monoisotopic (exact) mass is 220 g/mol. The van der Waals surface area contributed by atoms with Crippen molar-refractivity contribution in [2.45, 2.75) is 26.3 Å². The topological polar surface area (TPSA) is 47.3 Å². The number of nitrogens with two attached hydrogens (primary N) is 1. The molecule has 1 saturated heterocycles. The molecule has 88 valence electrons. The molecule has 1 aliphatic heterocycles. The van der Waals surface area contributed by atoms with Gasteiger partial charge in [-0.1, -0.05) is 6.07 Å². The summed E-state index contributed by atoms with van der Waals surface area (Å²) in [7, 11) is 0. The minimum atomic E-state index is 0.433. The standard InChI is InChI=1S/C13H20N2O/c1-9-3-4-12(14)7-13(9)15-10(2)11-5-6-16-8-11/h3-4,7,10-11,15H,5-6,8,14H2,1-2H3. The van der Waals surface area contributed by atoms with Crippen molar-refractivity contribution >= 4 is 11.4 Å². The van der Waals surface area contributed by atoms with Crippen molar-refractivity contribution < 1.29 is 4.74 Å². The van der Waals surface area contributed by atoms with E-state index in [1.807, 2.05) is 12.1 Å². The lowest BCUT2D eigenvalue weighted by molar-refractivity contribution is 0.183. The number of nitrogen functional groups attached to an aromatic ring is 1. The Hall–Kier alpha value is -1.22. The van der Waals surface area contributed by atoms with Crippen LogP contribution in [0.5, 0.6) is 0 Å². The number of nitrogens with one attached hydrogen (secondary N) is 1. The second-order valence-electron chi connectivity index (χ2n) is 4.63. The van der Waals surface area contributed by atoms with Crippen LogP contribution < -0.4 is 11.1 Å². The molecule has 0 radical (unpaired) electrons. The van der Waals surface area contributed by atoms with Crippen LogP contribution >= 0.6 is 0 Å². The zero-order valence-electron chi connectivity index (χ0n) is 9.99. The van der Waals surface area contributed by atoms with Crippen LogP contribution in [0.2, 0.25) is 0 Å². The summed E-state index contributed by atoms with van der Waals surface area (Å²) in [5.41, 5.74) is 8.97. The third kappa shape index (κ3) is 2.47. The van der Waals surface area contributed by atoms with Crippen molar-refractivity contribution in [2.24, 2.45) is 5.92 Å². The number of hydrogen-bond donors (Lipinski definition) is 2. The molecule has 0 aliphatic carbocycles. The maximum absolute atomic E-state index is 5.79. The lowest BCUT2D eigenvalue weighted by Crippen LogP contribution is -2.26. The summed E-state index contributed by atoms with van der Waals surface area (Å²) < 4.78 is 5.41. The predicted octanol–water partition coefficient (Wildman–Crippen LogP) is 2.41. The minimum absolute atomic E-state index is 0.433. The van der Waals surface area contributed by atoms with Crippen LogP contribution in [0.1, 0.15) is 18.9 Å². The molecule has 16 heavy (non-hydrogen) atoms. The Morgan fingerprint density at radius 3 is 3.00 bits per heavy atom. The molecule has 0 amide bonds. The second kappa shape index (κ2) is 4.74. The molecule has 3 N–H and O–H groups in total.